The molecule has 2 heterocycles. The van der Waals surface area contributed by atoms with Gasteiger partial charge in [0.05, 0.1) is 11.6 Å². The van der Waals surface area contributed by atoms with Crippen LogP contribution in [0.25, 0.3) is 11.0 Å². The Bertz CT molecular complexity index is 495. The number of hydrogen-bond donors (Lipinski definition) is 0. The van der Waals surface area contributed by atoms with Crippen LogP contribution in [0.4, 0.5) is 0 Å². The summed E-state index contributed by atoms with van der Waals surface area (Å²) in [5, 5.41) is 7.24. The predicted molar refractivity (Wildman–Crippen MR) is 69.2 cm³/mol. The largest absolute Gasteiger partial charge is 0.247 e. The van der Waals surface area contributed by atoms with Crippen molar-refractivity contribution in [1.29, 1.82) is 0 Å². The van der Waals surface area contributed by atoms with E-state index in [1.807, 2.05) is 23.4 Å². The van der Waals surface area contributed by atoms with Crippen LogP contribution >= 0.6 is 23.5 Å². The van der Waals surface area contributed by atoms with Crippen molar-refractivity contribution in [1.82, 2.24) is 19.7 Å². The van der Waals surface area contributed by atoms with E-state index in [9.17, 15) is 0 Å². The minimum atomic E-state index is 0.815. The third-order valence-corrected chi connectivity index (χ3v) is 3.50. The molecule has 0 amide bonds. The van der Waals surface area contributed by atoms with Crippen LogP contribution in [0.2, 0.25) is 0 Å². The fourth-order valence-electron chi connectivity index (χ4n) is 1.53. The molecule has 0 N–H and O–H groups in total. The van der Waals surface area contributed by atoms with Crippen LogP contribution in [0, 0.1) is 0 Å². The SMILES string of the molecule is CCCn1ncc2c(SC)nc(SC)nc21. The van der Waals surface area contributed by atoms with Gasteiger partial charge in [0.1, 0.15) is 5.03 Å². The first-order valence-corrected chi connectivity index (χ1v) is 7.56. The Labute approximate surface area is 103 Å². The normalized spacial score (nSPS) is 11.2. The Morgan fingerprint density at radius 3 is 2.69 bits per heavy atom. The Balaban J connectivity index is 2.62. The van der Waals surface area contributed by atoms with Crippen LogP contribution in [0.15, 0.2) is 16.4 Å². The number of aromatic nitrogens is 4. The molecule has 4 nitrogen and oxygen atoms in total. The lowest BCUT2D eigenvalue weighted by molar-refractivity contribution is 0.614. The lowest BCUT2D eigenvalue weighted by Crippen LogP contribution is -2.01. The molecule has 0 saturated carbocycles. The lowest BCUT2D eigenvalue weighted by Gasteiger charge is -2.03. The van der Waals surface area contributed by atoms with E-state index in [0.29, 0.717) is 0 Å². The average molecular weight is 254 g/mol. The molecule has 0 radical (unpaired) electrons. The summed E-state index contributed by atoms with van der Waals surface area (Å²) in [5.41, 5.74) is 0.950. The van der Waals surface area contributed by atoms with Crippen molar-refractivity contribution in [3.8, 4) is 0 Å². The molecule has 16 heavy (non-hydrogen) atoms. The zero-order valence-electron chi connectivity index (χ0n) is 9.60. The van der Waals surface area contributed by atoms with Gasteiger partial charge in [0.25, 0.3) is 0 Å². The maximum Gasteiger partial charge on any atom is 0.190 e. The second kappa shape index (κ2) is 5.05. The fraction of sp³-hybridized carbons (Fsp3) is 0.500. The van der Waals surface area contributed by atoms with Gasteiger partial charge >= 0.3 is 0 Å². The molecule has 2 aromatic rings. The lowest BCUT2D eigenvalue weighted by atomic mass is 10.4. The number of hydrogen-bond acceptors (Lipinski definition) is 5. The minimum absolute atomic E-state index is 0.815. The standard InChI is InChI=1S/C10H14N4S2/c1-4-5-14-8-7(6-11-14)9(15-2)13-10(12-8)16-3/h6H,4-5H2,1-3H3. The maximum absolute atomic E-state index is 4.52. The van der Waals surface area contributed by atoms with Crippen molar-refractivity contribution in [3.05, 3.63) is 6.20 Å². The van der Waals surface area contributed by atoms with E-state index < -0.39 is 0 Å². The van der Waals surface area contributed by atoms with E-state index in [1.54, 1.807) is 23.5 Å². The molecule has 0 spiro atoms. The van der Waals surface area contributed by atoms with Crippen LogP contribution in [-0.4, -0.2) is 32.3 Å². The summed E-state index contributed by atoms with van der Waals surface area (Å²) in [6.07, 6.45) is 6.94. The molecule has 0 atom stereocenters. The highest BCUT2D eigenvalue weighted by atomic mass is 32.2. The first-order chi connectivity index (χ1) is 7.80. The topological polar surface area (TPSA) is 43.6 Å². The van der Waals surface area contributed by atoms with Crippen LogP contribution in [-0.2, 0) is 6.54 Å². The molecule has 0 aliphatic carbocycles. The van der Waals surface area contributed by atoms with Gasteiger partial charge in [-0.15, -0.1) is 11.8 Å². The van der Waals surface area contributed by atoms with Gasteiger partial charge in [0, 0.05) is 6.54 Å². The zero-order chi connectivity index (χ0) is 11.5. The highest BCUT2D eigenvalue weighted by molar-refractivity contribution is 7.99. The molecular weight excluding hydrogens is 240 g/mol. The molecule has 0 aliphatic rings. The highest BCUT2D eigenvalue weighted by Crippen LogP contribution is 2.25. The van der Waals surface area contributed by atoms with Gasteiger partial charge in [-0.05, 0) is 18.9 Å². The van der Waals surface area contributed by atoms with Crippen molar-refractivity contribution < 1.29 is 0 Å². The Kier molecular flexibility index (Phi) is 3.70. The van der Waals surface area contributed by atoms with E-state index in [-0.39, 0.29) is 0 Å². The smallest absolute Gasteiger partial charge is 0.190 e. The molecule has 0 aromatic carbocycles. The van der Waals surface area contributed by atoms with Crippen LogP contribution in [0.1, 0.15) is 13.3 Å². The number of nitrogens with zero attached hydrogens (tertiary/aromatic N) is 4. The number of thioether (sulfide) groups is 2. The Morgan fingerprint density at radius 2 is 2.06 bits per heavy atom. The summed E-state index contributed by atoms with van der Waals surface area (Å²) in [6, 6.07) is 0. The summed E-state index contributed by atoms with van der Waals surface area (Å²) in [4.78, 5) is 8.99. The third kappa shape index (κ3) is 2.04. The van der Waals surface area contributed by atoms with Crippen molar-refractivity contribution in [2.24, 2.45) is 0 Å². The van der Waals surface area contributed by atoms with Gasteiger partial charge in [0.2, 0.25) is 0 Å². The number of aryl methyl sites for hydroxylation is 1. The van der Waals surface area contributed by atoms with Crippen molar-refractivity contribution >= 4 is 34.6 Å². The molecule has 2 aromatic heterocycles. The van der Waals surface area contributed by atoms with Crippen LogP contribution in [0.3, 0.4) is 0 Å². The maximum atomic E-state index is 4.52. The van der Waals surface area contributed by atoms with Crippen molar-refractivity contribution in [2.45, 2.75) is 30.1 Å². The Morgan fingerprint density at radius 1 is 1.25 bits per heavy atom. The van der Waals surface area contributed by atoms with Gasteiger partial charge in [-0.25, -0.2) is 14.6 Å². The second-order valence-electron chi connectivity index (χ2n) is 3.32. The molecule has 0 unspecified atom stereocenters. The van der Waals surface area contributed by atoms with E-state index in [0.717, 1.165) is 34.2 Å². The van der Waals surface area contributed by atoms with Gasteiger partial charge in [-0.3, -0.25) is 0 Å². The van der Waals surface area contributed by atoms with Gasteiger partial charge in [-0.2, -0.15) is 5.10 Å². The summed E-state index contributed by atoms with van der Waals surface area (Å²) in [6.45, 7) is 3.04. The van der Waals surface area contributed by atoms with Crippen LogP contribution in [0.5, 0.6) is 0 Å². The highest BCUT2D eigenvalue weighted by Gasteiger charge is 2.11. The summed E-state index contributed by atoms with van der Waals surface area (Å²) in [7, 11) is 0. The van der Waals surface area contributed by atoms with Crippen molar-refractivity contribution in [2.75, 3.05) is 12.5 Å². The Hall–Kier alpha value is -0.750. The molecule has 0 bridgehead atoms. The van der Waals surface area contributed by atoms with Gasteiger partial charge in [0.15, 0.2) is 10.8 Å². The molecule has 0 saturated heterocycles. The number of rotatable bonds is 4. The summed E-state index contributed by atoms with van der Waals surface area (Å²) < 4.78 is 1.95. The van der Waals surface area contributed by atoms with E-state index in [4.69, 9.17) is 0 Å². The average Bonchev–Trinajstić information content (AvgIpc) is 2.72. The number of fused-ring (bicyclic) bond motifs is 1. The first-order valence-electron chi connectivity index (χ1n) is 5.11. The first kappa shape index (κ1) is 11.7. The predicted octanol–water partition coefficient (Wildman–Crippen LogP) is 2.68. The molecule has 86 valence electrons. The van der Waals surface area contributed by atoms with E-state index >= 15 is 0 Å². The molecule has 0 fully saturated rings. The molecule has 6 heteroatoms. The van der Waals surface area contributed by atoms with E-state index in [2.05, 4.69) is 22.0 Å². The quantitative estimate of drug-likeness (QED) is 0.477. The summed E-state index contributed by atoms with van der Waals surface area (Å²) in [5.74, 6) is 0. The molecule has 2 rings (SSSR count). The van der Waals surface area contributed by atoms with Crippen molar-refractivity contribution in [3.63, 3.8) is 0 Å². The zero-order valence-corrected chi connectivity index (χ0v) is 11.2. The van der Waals surface area contributed by atoms with Crippen LogP contribution < -0.4 is 0 Å². The monoisotopic (exact) mass is 254 g/mol. The molecule has 0 aliphatic heterocycles. The van der Waals surface area contributed by atoms with E-state index in [1.165, 1.54) is 0 Å². The third-order valence-electron chi connectivity index (χ3n) is 2.25. The summed E-state index contributed by atoms with van der Waals surface area (Å²) >= 11 is 3.21. The van der Waals surface area contributed by atoms with Gasteiger partial charge < -0.3 is 0 Å². The van der Waals surface area contributed by atoms with Gasteiger partial charge in [-0.1, -0.05) is 18.7 Å². The second-order valence-corrected chi connectivity index (χ2v) is 4.89. The fourth-order valence-corrected chi connectivity index (χ4v) is 2.49. The minimum Gasteiger partial charge on any atom is -0.247 e. The molecular formula is C10H14N4S2.